The Morgan fingerprint density at radius 3 is 2.11 bits per heavy atom. The third-order valence-corrected chi connectivity index (χ3v) is 3.25. The summed E-state index contributed by atoms with van der Waals surface area (Å²) in [6.07, 6.45) is 1.58. The highest BCUT2D eigenvalue weighted by Crippen LogP contribution is 2.23. The second-order valence-corrected chi connectivity index (χ2v) is 5.85. The van der Waals surface area contributed by atoms with Crippen LogP contribution in [0, 0.1) is 25.7 Å². The molecule has 1 heterocycles. The van der Waals surface area contributed by atoms with Gasteiger partial charge >= 0.3 is 0 Å². The molecular weight excluding hydrogens is 224 g/mol. The number of aliphatic hydroxyl groups is 1. The molecule has 0 aliphatic rings. The molecule has 0 fully saturated rings. The number of aliphatic hydroxyl groups excluding tert-OH is 1. The molecule has 0 aliphatic carbocycles. The van der Waals surface area contributed by atoms with Crippen LogP contribution < -0.4 is 0 Å². The van der Waals surface area contributed by atoms with Gasteiger partial charge in [-0.3, -0.25) is 9.97 Å². The maximum atomic E-state index is 10.1. The summed E-state index contributed by atoms with van der Waals surface area (Å²) in [4.78, 5) is 9.18. The van der Waals surface area contributed by atoms with E-state index in [1.54, 1.807) is 0 Å². The summed E-state index contributed by atoms with van der Waals surface area (Å²) in [7, 11) is 0. The van der Waals surface area contributed by atoms with Gasteiger partial charge in [-0.25, -0.2) is 0 Å². The number of hydrogen-bond acceptors (Lipinski definition) is 3. The van der Waals surface area contributed by atoms with E-state index in [4.69, 9.17) is 0 Å². The minimum absolute atomic E-state index is 0.166. The van der Waals surface area contributed by atoms with E-state index < -0.39 is 6.10 Å². The van der Waals surface area contributed by atoms with Crippen LogP contribution in [0.1, 0.15) is 63.0 Å². The van der Waals surface area contributed by atoms with Crippen LogP contribution in [0.2, 0.25) is 0 Å². The highest BCUT2D eigenvalue weighted by molar-refractivity contribution is 5.21. The fraction of sp³-hybridized carbons (Fsp3) is 0.733. The van der Waals surface area contributed by atoms with Gasteiger partial charge in [0.15, 0.2) is 0 Å². The smallest absolute Gasteiger partial charge is 0.100 e. The van der Waals surface area contributed by atoms with Gasteiger partial charge in [0, 0.05) is 0 Å². The first kappa shape index (κ1) is 15.1. The average Bonchev–Trinajstić information content (AvgIpc) is 2.28. The van der Waals surface area contributed by atoms with Gasteiger partial charge in [0.05, 0.1) is 22.8 Å². The van der Waals surface area contributed by atoms with E-state index in [2.05, 4.69) is 23.8 Å². The molecule has 0 spiro atoms. The molecule has 1 unspecified atom stereocenters. The van der Waals surface area contributed by atoms with Crippen LogP contribution in [0.4, 0.5) is 0 Å². The number of aryl methyl sites for hydroxylation is 3. The molecule has 1 aromatic rings. The first-order valence-corrected chi connectivity index (χ1v) is 6.85. The SMILES string of the molecule is Cc1nc(C(O)C(C)C)c(C)nc1CCC(C)C. The van der Waals surface area contributed by atoms with Crippen molar-refractivity contribution >= 4 is 0 Å². The molecule has 18 heavy (non-hydrogen) atoms. The third kappa shape index (κ3) is 3.77. The molecule has 102 valence electrons. The van der Waals surface area contributed by atoms with Gasteiger partial charge in [0.25, 0.3) is 0 Å². The fourth-order valence-electron chi connectivity index (χ4n) is 1.92. The van der Waals surface area contributed by atoms with Gasteiger partial charge in [-0.2, -0.15) is 0 Å². The second kappa shape index (κ2) is 6.28. The van der Waals surface area contributed by atoms with Gasteiger partial charge in [0.2, 0.25) is 0 Å². The van der Waals surface area contributed by atoms with Crippen LogP contribution in [-0.4, -0.2) is 15.1 Å². The number of aromatic nitrogens is 2. The Hall–Kier alpha value is -0.960. The van der Waals surface area contributed by atoms with E-state index in [-0.39, 0.29) is 5.92 Å². The largest absolute Gasteiger partial charge is 0.386 e. The summed E-state index contributed by atoms with van der Waals surface area (Å²) in [5, 5.41) is 10.1. The highest BCUT2D eigenvalue weighted by atomic mass is 16.3. The molecular formula is C15H26N2O. The Labute approximate surface area is 111 Å². The molecule has 0 aromatic carbocycles. The fourth-order valence-corrected chi connectivity index (χ4v) is 1.92. The normalized spacial score (nSPS) is 13.4. The van der Waals surface area contributed by atoms with Crippen molar-refractivity contribution in [2.75, 3.05) is 0 Å². The zero-order valence-electron chi connectivity index (χ0n) is 12.5. The molecule has 0 saturated heterocycles. The van der Waals surface area contributed by atoms with E-state index in [1.807, 2.05) is 27.7 Å². The molecule has 0 aliphatic heterocycles. The summed E-state index contributed by atoms with van der Waals surface area (Å²) in [6.45, 7) is 12.3. The van der Waals surface area contributed by atoms with Gasteiger partial charge in [-0.15, -0.1) is 0 Å². The lowest BCUT2D eigenvalue weighted by Gasteiger charge is -2.18. The van der Waals surface area contributed by atoms with E-state index in [0.29, 0.717) is 5.92 Å². The molecule has 3 nitrogen and oxygen atoms in total. The van der Waals surface area contributed by atoms with Crippen molar-refractivity contribution in [3.63, 3.8) is 0 Å². The molecule has 1 rings (SSSR count). The van der Waals surface area contributed by atoms with E-state index in [1.165, 1.54) is 0 Å². The van der Waals surface area contributed by atoms with Crippen molar-refractivity contribution in [2.45, 2.75) is 60.5 Å². The number of rotatable bonds is 5. The Morgan fingerprint density at radius 1 is 1.00 bits per heavy atom. The van der Waals surface area contributed by atoms with Gasteiger partial charge < -0.3 is 5.11 Å². The van der Waals surface area contributed by atoms with Crippen molar-refractivity contribution < 1.29 is 5.11 Å². The molecule has 0 radical (unpaired) electrons. The standard InChI is InChI=1S/C15H26N2O/c1-9(2)7-8-13-11(5)17-14(12(6)16-13)15(18)10(3)4/h9-10,15,18H,7-8H2,1-6H3. The second-order valence-electron chi connectivity index (χ2n) is 5.85. The van der Waals surface area contributed by atoms with Crippen molar-refractivity contribution in [2.24, 2.45) is 11.8 Å². The third-order valence-electron chi connectivity index (χ3n) is 3.25. The monoisotopic (exact) mass is 250 g/mol. The Balaban J connectivity index is 2.97. The van der Waals surface area contributed by atoms with Crippen LogP contribution in [0.5, 0.6) is 0 Å². The molecule has 0 saturated carbocycles. The van der Waals surface area contributed by atoms with Gasteiger partial charge in [0.1, 0.15) is 6.10 Å². The van der Waals surface area contributed by atoms with Crippen molar-refractivity contribution in [3.8, 4) is 0 Å². The van der Waals surface area contributed by atoms with Crippen LogP contribution in [0.25, 0.3) is 0 Å². The van der Waals surface area contributed by atoms with Crippen molar-refractivity contribution in [1.82, 2.24) is 9.97 Å². The Bertz CT molecular complexity index is 400. The predicted molar refractivity (Wildman–Crippen MR) is 74.5 cm³/mol. The Kier molecular flexibility index (Phi) is 5.27. The maximum Gasteiger partial charge on any atom is 0.100 e. The summed E-state index contributed by atoms with van der Waals surface area (Å²) in [6, 6.07) is 0. The van der Waals surface area contributed by atoms with E-state index >= 15 is 0 Å². The van der Waals surface area contributed by atoms with Crippen molar-refractivity contribution in [3.05, 3.63) is 22.8 Å². The summed E-state index contributed by atoms with van der Waals surface area (Å²) < 4.78 is 0. The topological polar surface area (TPSA) is 46.0 Å². The molecule has 3 heteroatoms. The lowest BCUT2D eigenvalue weighted by Crippen LogP contribution is -2.13. The zero-order chi connectivity index (χ0) is 13.9. The number of hydrogen-bond donors (Lipinski definition) is 1. The van der Waals surface area contributed by atoms with Gasteiger partial charge in [-0.1, -0.05) is 27.7 Å². The summed E-state index contributed by atoms with van der Waals surface area (Å²) >= 11 is 0. The average molecular weight is 250 g/mol. The molecule has 1 aromatic heterocycles. The van der Waals surface area contributed by atoms with Gasteiger partial charge in [-0.05, 0) is 38.5 Å². The first-order valence-electron chi connectivity index (χ1n) is 6.85. The maximum absolute atomic E-state index is 10.1. The van der Waals surface area contributed by atoms with Crippen LogP contribution in [-0.2, 0) is 6.42 Å². The van der Waals surface area contributed by atoms with Crippen LogP contribution in [0.3, 0.4) is 0 Å². The predicted octanol–water partition coefficient (Wildman–Crippen LogP) is 3.37. The summed E-state index contributed by atoms with van der Waals surface area (Å²) in [5.41, 5.74) is 3.62. The van der Waals surface area contributed by atoms with Crippen LogP contribution in [0.15, 0.2) is 0 Å². The lowest BCUT2D eigenvalue weighted by atomic mass is 10.0. The minimum Gasteiger partial charge on any atom is -0.386 e. The van der Waals surface area contributed by atoms with E-state index in [0.717, 1.165) is 35.6 Å². The van der Waals surface area contributed by atoms with Crippen molar-refractivity contribution in [1.29, 1.82) is 0 Å². The Morgan fingerprint density at radius 2 is 1.61 bits per heavy atom. The number of nitrogens with zero attached hydrogens (tertiary/aromatic N) is 2. The molecule has 1 atom stereocenters. The molecule has 1 N–H and O–H groups in total. The van der Waals surface area contributed by atoms with E-state index in [9.17, 15) is 5.11 Å². The zero-order valence-corrected chi connectivity index (χ0v) is 12.5. The molecule has 0 bridgehead atoms. The first-order chi connectivity index (χ1) is 8.32. The quantitative estimate of drug-likeness (QED) is 0.871. The highest BCUT2D eigenvalue weighted by Gasteiger charge is 2.18. The minimum atomic E-state index is -0.518. The lowest BCUT2D eigenvalue weighted by molar-refractivity contribution is 0.121. The van der Waals surface area contributed by atoms with Crippen LogP contribution >= 0.6 is 0 Å². The molecule has 0 amide bonds. The summed E-state index contributed by atoms with van der Waals surface area (Å²) in [5.74, 6) is 0.839.